The molecule has 0 N–H and O–H groups in total. The molecule has 4 rings (SSSR count). The first kappa shape index (κ1) is 13.9. The molecular weight excluding hydrogens is 294 g/mol. The van der Waals surface area contributed by atoms with Crippen LogP contribution in [0.5, 0.6) is 0 Å². The molecule has 0 saturated carbocycles. The molecule has 4 heterocycles. The zero-order valence-corrected chi connectivity index (χ0v) is 12.9. The van der Waals surface area contributed by atoms with E-state index in [1.807, 2.05) is 12.1 Å². The van der Waals surface area contributed by atoms with Crippen LogP contribution in [-0.4, -0.2) is 33.2 Å². The van der Waals surface area contributed by atoms with E-state index in [2.05, 4.69) is 25.0 Å². The van der Waals surface area contributed by atoms with Crippen LogP contribution in [0.4, 0.5) is 5.82 Å². The highest BCUT2D eigenvalue weighted by Gasteiger charge is 2.15. The van der Waals surface area contributed by atoms with Crippen molar-refractivity contribution in [3.63, 3.8) is 0 Å². The third kappa shape index (κ3) is 2.81. The molecule has 0 spiro atoms. The largest absolute Gasteiger partial charge is 0.448 e. The van der Waals surface area contributed by atoms with E-state index in [1.165, 1.54) is 25.5 Å². The van der Waals surface area contributed by atoms with Gasteiger partial charge in [-0.3, -0.25) is 0 Å². The second kappa shape index (κ2) is 5.83. The molecule has 7 nitrogen and oxygen atoms in total. The number of nitrogens with zero attached hydrogens (tertiary/aromatic N) is 5. The second-order valence-electron chi connectivity index (χ2n) is 5.63. The maximum absolute atomic E-state index is 5.24. The number of anilines is 1. The van der Waals surface area contributed by atoms with Crippen LogP contribution in [-0.2, 0) is 0 Å². The van der Waals surface area contributed by atoms with Gasteiger partial charge in [-0.25, -0.2) is 9.97 Å². The Bertz CT molecular complexity index is 787. The highest BCUT2D eigenvalue weighted by atomic mass is 16.5. The van der Waals surface area contributed by atoms with Gasteiger partial charge in [-0.05, 0) is 31.4 Å². The summed E-state index contributed by atoms with van der Waals surface area (Å²) in [6.07, 6.45) is 7.06. The van der Waals surface area contributed by atoms with E-state index in [0.29, 0.717) is 23.3 Å². The summed E-state index contributed by atoms with van der Waals surface area (Å²) in [4.78, 5) is 15.4. The first-order valence-corrected chi connectivity index (χ1v) is 7.77. The Labute approximate surface area is 133 Å². The third-order valence-corrected chi connectivity index (χ3v) is 3.95. The first-order valence-electron chi connectivity index (χ1n) is 7.77. The molecule has 0 amide bonds. The lowest BCUT2D eigenvalue weighted by Crippen LogP contribution is -2.29. The van der Waals surface area contributed by atoms with Crippen molar-refractivity contribution in [2.75, 3.05) is 18.0 Å². The van der Waals surface area contributed by atoms with Gasteiger partial charge in [0.25, 0.3) is 5.89 Å². The van der Waals surface area contributed by atoms with E-state index in [1.54, 1.807) is 13.1 Å². The summed E-state index contributed by atoms with van der Waals surface area (Å²) in [6.45, 7) is 3.92. The molecule has 1 aliphatic heterocycles. The van der Waals surface area contributed by atoms with Crippen LogP contribution in [0.2, 0.25) is 0 Å². The summed E-state index contributed by atoms with van der Waals surface area (Å²) < 4.78 is 10.4. The van der Waals surface area contributed by atoms with Crippen molar-refractivity contribution in [1.29, 1.82) is 0 Å². The molecule has 0 aliphatic carbocycles. The number of piperidine rings is 1. The summed E-state index contributed by atoms with van der Waals surface area (Å²) in [5.74, 6) is 2.41. The van der Waals surface area contributed by atoms with Gasteiger partial charge in [0.05, 0.1) is 0 Å². The predicted octanol–water partition coefficient (Wildman–Crippen LogP) is 3.09. The monoisotopic (exact) mass is 311 g/mol. The van der Waals surface area contributed by atoms with E-state index >= 15 is 0 Å². The SMILES string of the molecule is Cc1nc(-c2nc(-c3ccc(N4CCCCC4)nc3)no2)co1. The summed E-state index contributed by atoms with van der Waals surface area (Å²) in [5.41, 5.74) is 1.36. The van der Waals surface area contributed by atoms with Gasteiger partial charge < -0.3 is 13.8 Å². The van der Waals surface area contributed by atoms with Crippen molar-refractivity contribution in [3.05, 3.63) is 30.5 Å². The minimum absolute atomic E-state index is 0.344. The molecule has 7 heteroatoms. The molecular formula is C16H17N5O2. The number of aromatic nitrogens is 4. The summed E-state index contributed by atoms with van der Waals surface area (Å²) >= 11 is 0. The van der Waals surface area contributed by atoms with Crippen molar-refractivity contribution in [2.24, 2.45) is 0 Å². The molecule has 0 radical (unpaired) electrons. The lowest BCUT2D eigenvalue weighted by molar-refractivity contribution is 0.430. The van der Waals surface area contributed by atoms with Gasteiger partial charge in [0.15, 0.2) is 11.6 Å². The van der Waals surface area contributed by atoms with E-state index in [-0.39, 0.29) is 0 Å². The highest BCUT2D eigenvalue weighted by Crippen LogP contribution is 2.23. The van der Waals surface area contributed by atoms with Gasteiger partial charge in [0.2, 0.25) is 5.82 Å². The fraction of sp³-hybridized carbons (Fsp3) is 0.375. The lowest BCUT2D eigenvalue weighted by Gasteiger charge is -2.27. The smallest absolute Gasteiger partial charge is 0.280 e. The molecule has 3 aromatic heterocycles. The molecule has 118 valence electrons. The summed E-state index contributed by atoms with van der Waals surface area (Å²) in [6, 6.07) is 3.98. The second-order valence-corrected chi connectivity index (χ2v) is 5.63. The van der Waals surface area contributed by atoms with E-state index in [4.69, 9.17) is 8.94 Å². The number of hydrogen-bond acceptors (Lipinski definition) is 7. The maximum Gasteiger partial charge on any atom is 0.280 e. The quantitative estimate of drug-likeness (QED) is 0.735. The zero-order chi connectivity index (χ0) is 15.6. The molecule has 0 unspecified atom stereocenters. The van der Waals surface area contributed by atoms with Crippen LogP contribution < -0.4 is 4.90 Å². The van der Waals surface area contributed by atoms with E-state index < -0.39 is 0 Å². The number of pyridine rings is 1. The van der Waals surface area contributed by atoms with Crippen LogP contribution in [0.25, 0.3) is 23.0 Å². The number of oxazole rings is 1. The molecule has 1 fully saturated rings. The van der Waals surface area contributed by atoms with Gasteiger partial charge >= 0.3 is 0 Å². The Hall–Kier alpha value is -2.70. The van der Waals surface area contributed by atoms with Crippen molar-refractivity contribution in [2.45, 2.75) is 26.2 Å². The Morgan fingerprint density at radius 1 is 1.09 bits per heavy atom. The molecule has 0 atom stereocenters. The minimum atomic E-state index is 0.344. The Balaban J connectivity index is 1.55. The molecule has 0 bridgehead atoms. The Morgan fingerprint density at radius 3 is 2.65 bits per heavy atom. The van der Waals surface area contributed by atoms with Crippen molar-refractivity contribution < 1.29 is 8.94 Å². The fourth-order valence-corrected chi connectivity index (χ4v) is 2.73. The van der Waals surface area contributed by atoms with Crippen LogP contribution in [0.15, 0.2) is 33.5 Å². The lowest BCUT2D eigenvalue weighted by atomic mass is 10.1. The molecule has 0 aromatic carbocycles. The number of hydrogen-bond donors (Lipinski definition) is 0. The van der Waals surface area contributed by atoms with E-state index in [0.717, 1.165) is 24.5 Å². The van der Waals surface area contributed by atoms with Crippen LogP contribution >= 0.6 is 0 Å². The zero-order valence-electron chi connectivity index (χ0n) is 12.9. The van der Waals surface area contributed by atoms with Crippen molar-refractivity contribution in [1.82, 2.24) is 20.1 Å². The third-order valence-electron chi connectivity index (χ3n) is 3.95. The average molecular weight is 311 g/mol. The standard InChI is InChI=1S/C16H17N5O2/c1-11-18-13(10-22-11)16-19-15(20-23-16)12-5-6-14(17-9-12)21-7-3-2-4-8-21/h5-6,9-10H,2-4,7-8H2,1H3. The molecule has 1 aliphatic rings. The first-order chi connectivity index (χ1) is 11.3. The average Bonchev–Trinajstić information content (AvgIpc) is 3.25. The minimum Gasteiger partial charge on any atom is -0.448 e. The normalized spacial score (nSPS) is 15.1. The summed E-state index contributed by atoms with van der Waals surface area (Å²) in [7, 11) is 0. The van der Waals surface area contributed by atoms with Crippen molar-refractivity contribution in [3.8, 4) is 23.0 Å². The molecule has 23 heavy (non-hydrogen) atoms. The fourth-order valence-electron chi connectivity index (χ4n) is 2.73. The van der Waals surface area contributed by atoms with Gasteiger partial charge in [-0.2, -0.15) is 4.98 Å². The number of rotatable bonds is 3. The molecule has 1 saturated heterocycles. The van der Waals surface area contributed by atoms with E-state index in [9.17, 15) is 0 Å². The Kier molecular flexibility index (Phi) is 3.53. The summed E-state index contributed by atoms with van der Waals surface area (Å²) in [5, 5.41) is 3.99. The maximum atomic E-state index is 5.24. The highest BCUT2D eigenvalue weighted by molar-refractivity contribution is 5.58. The van der Waals surface area contributed by atoms with Gasteiger partial charge in [-0.1, -0.05) is 5.16 Å². The number of aryl methyl sites for hydroxylation is 1. The van der Waals surface area contributed by atoms with Crippen LogP contribution in [0, 0.1) is 6.92 Å². The van der Waals surface area contributed by atoms with Gasteiger partial charge in [0, 0.05) is 31.8 Å². The van der Waals surface area contributed by atoms with Gasteiger partial charge in [-0.15, -0.1) is 0 Å². The van der Waals surface area contributed by atoms with Crippen molar-refractivity contribution >= 4 is 5.82 Å². The predicted molar refractivity (Wildman–Crippen MR) is 83.8 cm³/mol. The van der Waals surface area contributed by atoms with Gasteiger partial charge in [0.1, 0.15) is 12.1 Å². The molecule has 3 aromatic rings. The Morgan fingerprint density at radius 2 is 1.96 bits per heavy atom. The van der Waals surface area contributed by atoms with Crippen LogP contribution in [0.1, 0.15) is 25.2 Å². The van der Waals surface area contributed by atoms with Crippen LogP contribution in [0.3, 0.4) is 0 Å². The topological polar surface area (TPSA) is 81.1 Å².